The van der Waals surface area contributed by atoms with Crippen molar-refractivity contribution in [3.05, 3.63) is 39.2 Å². The van der Waals surface area contributed by atoms with Crippen LogP contribution in [0, 0.1) is 0 Å². The van der Waals surface area contributed by atoms with Crippen LogP contribution >= 0.6 is 11.8 Å². The fraction of sp³-hybridized carbons (Fsp3) is 0. The smallest absolute Gasteiger partial charge is 0.290 e. The second kappa shape index (κ2) is 3.74. The maximum atomic E-state index is 11.2. The van der Waals surface area contributed by atoms with Crippen LogP contribution in [0.5, 0.6) is 0 Å². The Bertz CT molecular complexity index is 518. The van der Waals surface area contributed by atoms with Gasteiger partial charge in [-0.25, -0.2) is 0 Å². The van der Waals surface area contributed by atoms with Crippen molar-refractivity contribution in [3.63, 3.8) is 0 Å². The summed E-state index contributed by atoms with van der Waals surface area (Å²) >= 11 is 0.824. The quantitative estimate of drug-likeness (QED) is 0.685. The summed E-state index contributed by atoms with van der Waals surface area (Å²) in [5, 5.41) is 1.74. The Labute approximate surface area is 88.6 Å². The molecule has 2 rings (SSSR count). The zero-order valence-electron chi connectivity index (χ0n) is 7.44. The van der Waals surface area contributed by atoms with Gasteiger partial charge < -0.3 is 4.98 Å². The maximum Gasteiger partial charge on any atom is 0.290 e. The average Bonchev–Trinajstić information content (AvgIpc) is 2.45. The maximum absolute atomic E-state index is 11.2. The molecule has 1 fully saturated rings. The summed E-state index contributed by atoms with van der Waals surface area (Å²) in [6, 6.07) is 2.99. The highest BCUT2D eigenvalue weighted by Gasteiger charge is 2.24. The summed E-state index contributed by atoms with van der Waals surface area (Å²) < 4.78 is 0. The molecule has 1 aromatic rings. The summed E-state index contributed by atoms with van der Waals surface area (Å²) in [7, 11) is 0. The van der Waals surface area contributed by atoms with Gasteiger partial charge in [0.25, 0.3) is 11.1 Å². The number of aromatic nitrogens is 1. The number of carbonyl (C=O) groups excluding carboxylic acids is 2. The first-order valence-electron chi connectivity index (χ1n) is 4.09. The van der Waals surface area contributed by atoms with Crippen LogP contribution in [0.3, 0.4) is 0 Å². The Morgan fingerprint density at radius 1 is 1.27 bits per heavy atom. The molecule has 6 heteroatoms. The molecule has 1 saturated heterocycles. The molecule has 0 unspecified atom stereocenters. The molecule has 0 aliphatic carbocycles. The molecule has 76 valence electrons. The summed E-state index contributed by atoms with van der Waals surface area (Å²) in [4.78, 5) is 35.7. The zero-order valence-corrected chi connectivity index (χ0v) is 8.26. The van der Waals surface area contributed by atoms with Gasteiger partial charge in [0, 0.05) is 12.3 Å². The van der Waals surface area contributed by atoms with Crippen molar-refractivity contribution >= 4 is 29.0 Å². The number of aromatic amines is 1. The van der Waals surface area contributed by atoms with E-state index in [1.807, 2.05) is 0 Å². The number of thioether (sulfide) groups is 1. The Balaban J connectivity index is 2.35. The molecule has 1 aliphatic rings. The van der Waals surface area contributed by atoms with Crippen molar-refractivity contribution in [1.29, 1.82) is 0 Å². The fourth-order valence-corrected chi connectivity index (χ4v) is 1.81. The third-order valence-corrected chi connectivity index (χ3v) is 2.55. The standard InChI is InChI=1S/C9H6N2O3S/c12-7-4-5(1-2-10-7)3-6-8(13)11-9(14)15-6/h1-4H,(H,10,12)(H,11,13,14)/b6-3-. The van der Waals surface area contributed by atoms with E-state index in [0.717, 1.165) is 11.8 Å². The van der Waals surface area contributed by atoms with Gasteiger partial charge in [-0.05, 0) is 29.5 Å². The third kappa shape index (κ3) is 2.16. The number of H-pyrrole nitrogens is 1. The highest BCUT2D eigenvalue weighted by molar-refractivity contribution is 8.18. The van der Waals surface area contributed by atoms with Crippen molar-refractivity contribution in [1.82, 2.24) is 10.3 Å². The number of hydrogen-bond donors (Lipinski definition) is 2. The van der Waals surface area contributed by atoms with Gasteiger partial charge in [0.2, 0.25) is 5.56 Å². The molecule has 15 heavy (non-hydrogen) atoms. The molecular weight excluding hydrogens is 216 g/mol. The van der Waals surface area contributed by atoms with E-state index in [-0.39, 0.29) is 5.56 Å². The van der Waals surface area contributed by atoms with Gasteiger partial charge in [0.15, 0.2) is 0 Å². The Morgan fingerprint density at radius 3 is 2.67 bits per heavy atom. The molecule has 2 N–H and O–H groups in total. The van der Waals surface area contributed by atoms with Gasteiger partial charge in [0.1, 0.15) is 0 Å². The molecule has 0 atom stereocenters. The zero-order chi connectivity index (χ0) is 10.8. The van der Waals surface area contributed by atoms with Crippen LogP contribution in [0.4, 0.5) is 4.79 Å². The predicted octanol–water partition coefficient (Wildman–Crippen LogP) is 0.699. The van der Waals surface area contributed by atoms with E-state index in [1.165, 1.54) is 18.3 Å². The van der Waals surface area contributed by atoms with E-state index >= 15 is 0 Å². The lowest BCUT2D eigenvalue weighted by molar-refractivity contribution is -0.115. The van der Waals surface area contributed by atoms with Gasteiger partial charge in [-0.2, -0.15) is 0 Å². The molecule has 0 radical (unpaired) electrons. The fourth-order valence-electron chi connectivity index (χ4n) is 1.12. The highest BCUT2D eigenvalue weighted by Crippen LogP contribution is 2.24. The van der Waals surface area contributed by atoms with Gasteiger partial charge in [-0.15, -0.1) is 0 Å². The van der Waals surface area contributed by atoms with E-state index in [0.29, 0.717) is 10.5 Å². The van der Waals surface area contributed by atoms with E-state index in [2.05, 4.69) is 10.3 Å². The lowest BCUT2D eigenvalue weighted by Crippen LogP contribution is -2.17. The molecule has 1 aromatic heterocycles. The van der Waals surface area contributed by atoms with Crippen LogP contribution < -0.4 is 10.9 Å². The first-order valence-corrected chi connectivity index (χ1v) is 4.90. The second-order valence-corrected chi connectivity index (χ2v) is 3.85. The first kappa shape index (κ1) is 9.72. The second-order valence-electron chi connectivity index (χ2n) is 2.84. The van der Waals surface area contributed by atoms with Gasteiger partial charge in [-0.3, -0.25) is 19.7 Å². The highest BCUT2D eigenvalue weighted by atomic mass is 32.2. The van der Waals surface area contributed by atoms with E-state index in [4.69, 9.17) is 0 Å². The molecular formula is C9H6N2O3S. The SMILES string of the molecule is O=C1NC(=O)/C(=C/c2cc[nH]c(=O)c2)S1. The Hall–Kier alpha value is -1.82. The topological polar surface area (TPSA) is 79.0 Å². The number of rotatable bonds is 1. The molecule has 0 saturated carbocycles. The number of amides is 2. The molecule has 0 bridgehead atoms. The number of imide groups is 1. The van der Waals surface area contributed by atoms with Crippen LogP contribution in [0.2, 0.25) is 0 Å². The molecule has 5 nitrogen and oxygen atoms in total. The molecule has 2 amide bonds. The van der Waals surface area contributed by atoms with Crippen LogP contribution in [0.15, 0.2) is 28.0 Å². The normalized spacial score (nSPS) is 18.3. The number of carbonyl (C=O) groups is 2. The molecule has 0 spiro atoms. The molecule has 2 heterocycles. The van der Waals surface area contributed by atoms with Crippen LogP contribution in [0.25, 0.3) is 6.08 Å². The first-order chi connectivity index (χ1) is 7.15. The van der Waals surface area contributed by atoms with Crippen LogP contribution in [-0.4, -0.2) is 16.1 Å². The van der Waals surface area contributed by atoms with Gasteiger partial charge in [-0.1, -0.05) is 0 Å². The third-order valence-electron chi connectivity index (χ3n) is 1.74. The van der Waals surface area contributed by atoms with Crippen molar-refractivity contribution in [2.24, 2.45) is 0 Å². The van der Waals surface area contributed by atoms with E-state index in [1.54, 1.807) is 6.07 Å². The van der Waals surface area contributed by atoms with Gasteiger partial charge >= 0.3 is 0 Å². The van der Waals surface area contributed by atoms with E-state index < -0.39 is 11.1 Å². The lowest BCUT2D eigenvalue weighted by Gasteiger charge is -1.92. The Morgan fingerprint density at radius 2 is 2.07 bits per heavy atom. The minimum absolute atomic E-state index is 0.251. The van der Waals surface area contributed by atoms with Crippen LogP contribution in [-0.2, 0) is 4.79 Å². The van der Waals surface area contributed by atoms with Crippen molar-refractivity contribution < 1.29 is 9.59 Å². The van der Waals surface area contributed by atoms with Crippen molar-refractivity contribution in [2.45, 2.75) is 0 Å². The minimum atomic E-state index is -0.426. The van der Waals surface area contributed by atoms with Crippen molar-refractivity contribution in [3.8, 4) is 0 Å². The molecule has 1 aliphatic heterocycles. The van der Waals surface area contributed by atoms with E-state index in [9.17, 15) is 14.4 Å². The summed E-state index contributed by atoms with van der Waals surface area (Å²) in [6.45, 7) is 0. The van der Waals surface area contributed by atoms with Crippen LogP contribution in [0.1, 0.15) is 5.56 Å². The largest absolute Gasteiger partial charge is 0.329 e. The number of pyridine rings is 1. The Kier molecular flexibility index (Phi) is 2.42. The predicted molar refractivity (Wildman–Crippen MR) is 56.2 cm³/mol. The monoisotopic (exact) mass is 222 g/mol. The number of hydrogen-bond acceptors (Lipinski definition) is 4. The van der Waals surface area contributed by atoms with Crippen molar-refractivity contribution in [2.75, 3.05) is 0 Å². The minimum Gasteiger partial charge on any atom is -0.329 e. The lowest BCUT2D eigenvalue weighted by atomic mass is 10.2. The summed E-state index contributed by atoms with van der Waals surface area (Å²) in [5.41, 5.74) is 0.338. The summed E-state index contributed by atoms with van der Waals surface area (Å²) in [5.74, 6) is -0.426. The number of nitrogens with one attached hydrogen (secondary N) is 2. The average molecular weight is 222 g/mol. The molecule has 0 aromatic carbocycles. The summed E-state index contributed by atoms with van der Waals surface area (Å²) in [6.07, 6.45) is 2.98. The van der Waals surface area contributed by atoms with Gasteiger partial charge in [0.05, 0.1) is 4.91 Å².